The first-order valence-corrected chi connectivity index (χ1v) is 7.73. The molecule has 1 saturated heterocycles. The van der Waals surface area contributed by atoms with E-state index in [2.05, 4.69) is 21.2 Å². The fourth-order valence-electron chi connectivity index (χ4n) is 2.40. The summed E-state index contributed by atoms with van der Waals surface area (Å²) in [5, 5.41) is 3.04. The molecule has 0 radical (unpaired) electrons. The maximum atomic E-state index is 12.1. The van der Waals surface area contributed by atoms with Crippen LogP contribution in [0.5, 0.6) is 0 Å². The lowest BCUT2D eigenvalue weighted by Gasteiger charge is -2.32. The van der Waals surface area contributed by atoms with Crippen LogP contribution in [0.15, 0.2) is 28.7 Å². The topological polar surface area (TPSA) is 49.4 Å². The highest BCUT2D eigenvalue weighted by Gasteiger charge is 2.23. The van der Waals surface area contributed by atoms with Crippen LogP contribution in [0.25, 0.3) is 0 Å². The molecule has 0 aromatic heterocycles. The van der Waals surface area contributed by atoms with Crippen molar-refractivity contribution in [3.05, 3.63) is 34.3 Å². The second-order valence-corrected chi connectivity index (χ2v) is 5.91. The number of carbonyl (C=O) groups is 2. The monoisotopic (exact) mass is 338 g/mol. The summed E-state index contributed by atoms with van der Waals surface area (Å²) in [6.07, 6.45) is 2.20. The Kier molecular flexibility index (Phi) is 5.17. The normalized spacial score (nSPS) is 16.0. The maximum absolute atomic E-state index is 12.1. The smallest absolute Gasteiger partial charge is 0.251 e. The van der Waals surface area contributed by atoms with Gasteiger partial charge in [-0.25, -0.2) is 0 Å². The Morgan fingerprint density at radius 3 is 2.65 bits per heavy atom. The molecule has 1 aromatic rings. The lowest BCUT2D eigenvalue weighted by Crippen LogP contribution is -2.46. The van der Waals surface area contributed by atoms with Crippen molar-refractivity contribution in [3.63, 3.8) is 0 Å². The Balaban J connectivity index is 1.86. The predicted octanol–water partition coefficient (Wildman–Crippen LogP) is 2.58. The summed E-state index contributed by atoms with van der Waals surface area (Å²) in [6.45, 7) is 3.34. The molecule has 1 heterocycles. The molecule has 0 aliphatic carbocycles. The zero-order chi connectivity index (χ0) is 14.5. The van der Waals surface area contributed by atoms with Gasteiger partial charge >= 0.3 is 0 Å². The highest BCUT2D eigenvalue weighted by molar-refractivity contribution is 9.10. The van der Waals surface area contributed by atoms with Gasteiger partial charge in [-0.1, -0.05) is 28.9 Å². The summed E-state index contributed by atoms with van der Waals surface area (Å²) in [7, 11) is 0. The van der Waals surface area contributed by atoms with Crippen molar-refractivity contribution in [2.24, 2.45) is 0 Å². The number of nitrogens with one attached hydrogen (secondary N) is 1. The number of hydrogen-bond acceptors (Lipinski definition) is 2. The van der Waals surface area contributed by atoms with Gasteiger partial charge in [0.05, 0.1) is 0 Å². The van der Waals surface area contributed by atoms with Gasteiger partial charge in [0.2, 0.25) is 5.91 Å². The van der Waals surface area contributed by atoms with Gasteiger partial charge in [0.25, 0.3) is 5.91 Å². The Morgan fingerprint density at radius 1 is 1.35 bits per heavy atom. The average molecular weight is 339 g/mol. The van der Waals surface area contributed by atoms with Crippen molar-refractivity contribution >= 4 is 27.7 Å². The second kappa shape index (κ2) is 6.88. The molecule has 5 heteroatoms. The molecule has 0 saturated carbocycles. The van der Waals surface area contributed by atoms with Gasteiger partial charge in [0, 0.05) is 35.6 Å². The highest BCUT2D eigenvalue weighted by Crippen LogP contribution is 2.14. The minimum absolute atomic E-state index is 0.0495. The number of nitrogens with zero attached hydrogens (tertiary/aromatic N) is 1. The Bertz CT molecular complexity index is 496. The van der Waals surface area contributed by atoms with Crippen molar-refractivity contribution in [2.45, 2.75) is 32.2 Å². The van der Waals surface area contributed by atoms with Crippen LogP contribution >= 0.6 is 15.9 Å². The van der Waals surface area contributed by atoms with Crippen molar-refractivity contribution in [1.82, 2.24) is 10.2 Å². The van der Waals surface area contributed by atoms with Crippen molar-refractivity contribution in [1.29, 1.82) is 0 Å². The Hall–Kier alpha value is -1.36. The minimum atomic E-state index is -0.0495. The van der Waals surface area contributed by atoms with Crippen LogP contribution in [0.3, 0.4) is 0 Å². The molecule has 1 aliphatic rings. The molecule has 0 spiro atoms. The summed E-state index contributed by atoms with van der Waals surface area (Å²) in [6, 6.07) is 7.51. The number of likely N-dealkylation sites (tertiary alicyclic amines) is 1. The summed E-state index contributed by atoms with van der Waals surface area (Å²) in [5.41, 5.74) is 0.659. The third kappa shape index (κ3) is 3.82. The Labute approximate surface area is 127 Å². The van der Waals surface area contributed by atoms with Crippen LogP contribution in [-0.2, 0) is 4.79 Å². The third-order valence-corrected chi connectivity index (χ3v) is 4.07. The summed E-state index contributed by atoms with van der Waals surface area (Å²) in [4.78, 5) is 25.6. The zero-order valence-corrected chi connectivity index (χ0v) is 13.1. The minimum Gasteiger partial charge on any atom is -0.349 e. The summed E-state index contributed by atoms with van der Waals surface area (Å²) < 4.78 is 0.897. The number of carbonyl (C=O) groups excluding carboxylic acids is 2. The van der Waals surface area contributed by atoms with Gasteiger partial charge in [0.15, 0.2) is 0 Å². The molecule has 0 bridgehead atoms. The molecule has 108 valence electrons. The quantitative estimate of drug-likeness (QED) is 0.920. The number of hydrogen-bond donors (Lipinski definition) is 1. The zero-order valence-electron chi connectivity index (χ0n) is 11.6. The molecular formula is C15H19BrN2O2. The molecule has 2 rings (SSSR count). The number of halogens is 1. The average Bonchev–Trinajstić information content (AvgIpc) is 2.47. The van der Waals surface area contributed by atoms with Gasteiger partial charge in [0.1, 0.15) is 0 Å². The van der Waals surface area contributed by atoms with Crippen LogP contribution in [0.2, 0.25) is 0 Å². The van der Waals surface area contributed by atoms with Crippen LogP contribution < -0.4 is 5.32 Å². The van der Waals surface area contributed by atoms with E-state index in [1.54, 1.807) is 6.07 Å². The molecule has 1 aliphatic heterocycles. The van der Waals surface area contributed by atoms with E-state index in [1.165, 1.54) is 0 Å². The van der Waals surface area contributed by atoms with E-state index in [0.717, 1.165) is 30.4 Å². The second-order valence-electron chi connectivity index (χ2n) is 4.99. The number of benzene rings is 1. The summed E-state index contributed by atoms with van der Waals surface area (Å²) in [5.74, 6) is 0.147. The number of amides is 2. The fourth-order valence-corrected chi connectivity index (χ4v) is 2.79. The lowest BCUT2D eigenvalue weighted by atomic mass is 10.0. The first kappa shape index (κ1) is 15.0. The standard InChI is InChI=1S/C15H19BrN2O2/c1-2-14(19)18-8-6-13(7-9-18)17-15(20)11-4-3-5-12(16)10-11/h3-5,10,13H,2,6-9H2,1H3,(H,17,20). The van der Waals surface area contributed by atoms with E-state index in [-0.39, 0.29) is 17.9 Å². The fraction of sp³-hybridized carbons (Fsp3) is 0.467. The lowest BCUT2D eigenvalue weighted by molar-refractivity contribution is -0.131. The number of piperidine rings is 1. The van der Waals surface area contributed by atoms with E-state index in [1.807, 2.05) is 30.0 Å². The molecule has 0 unspecified atom stereocenters. The van der Waals surface area contributed by atoms with Gasteiger partial charge < -0.3 is 10.2 Å². The largest absolute Gasteiger partial charge is 0.349 e. The molecule has 4 nitrogen and oxygen atoms in total. The molecule has 20 heavy (non-hydrogen) atoms. The van der Waals surface area contributed by atoms with Gasteiger partial charge in [-0.3, -0.25) is 9.59 Å². The molecule has 1 N–H and O–H groups in total. The van der Waals surface area contributed by atoms with E-state index >= 15 is 0 Å². The predicted molar refractivity (Wildman–Crippen MR) is 81.5 cm³/mol. The first-order valence-electron chi connectivity index (χ1n) is 6.94. The maximum Gasteiger partial charge on any atom is 0.251 e. The first-order chi connectivity index (χ1) is 9.60. The van der Waals surface area contributed by atoms with Crippen LogP contribution in [-0.4, -0.2) is 35.8 Å². The molecule has 1 aromatic carbocycles. The molecule has 1 fully saturated rings. The molecule has 2 amide bonds. The van der Waals surface area contributed by atoms with Crippen LogP contribution in [0.1, 0.15) is 36.5 Å². The third-order valence-electron chi connectivity index (χ3n) is 3.57. The van der Waals surface area contributed by atoms with E-state index in [9.17, 15) is 9.59 Å². The van der Waals surface area contributed by atoms with Crippen molar-refractivity contribution in [2.75, 3.05) is 13.1 Å². The summed E-state index contributed by atoms with van der Waals surface area (Å²) >= 11 is 3.36. The Morgan fingerprint density at radius 2 is 2.05 bits per heavy atom. The van der Waals surface area contributed by atoms with Gasteiger partial charge in [-0.05, 0) is 31.0 Å². The van der Waals surface area contributed by atoms with Gasteiger partial charge in [-0.15, -0.1) is 0 Å². The molecular weight excluding hydrogens is 320 g/mol. The number of rotatable bonds is 3. The SMILES string of the molecule is CCC(=O)N1CCC(NC(=O)c2cccc(Br)c2)CC1. The highest BCUT2D eigenvalue weighted by atomic mass is 79.9. The van der Waals surface area contributed by atoms with E-state index < -0.39 is 0 Å². The van der Waals surface area contributed by atoms with Gasteiger partial charge in [-0.2, -0.15) is 0 Å². The van der Waals surface area contributed by atoms with Crippen molar-refractivity contribution < 1.29 is 9.59 Å². The van der Waals surface area contributed by atoms with Crippen LogP contribution in [0.4, 0.5) is 0 Å². The molecule has 0 atom stereocenters. The van der Waals surface area contributed by atoms with E-state index in [0.29, 0.717) is 12.0 Å². The van der Waals surface area contributed by atoms with E-state index in [4.69, 9.17) is 0 Å². The van der Waals surface area contributed by atoms with Crippen LogP contribution in [0, 0.1) is 0 Å². The van der Waals surface area contributed by atoms with Crippen molar-refractivity contribution in [3.8, 4) is 0 Å².